The van der Waals surface area contributed by atoms with Crippen LogP contribution >= 0.6 is 0 Å². The van der Waals surface area contributed by atoms with Crippen LogP contribution in [0.15, 0.2) is 42.5 Å². The zero-order valence-corrected chi connectivity index (χ0v) is 19.0. The Kier molecular flexibility index (Phi) is 5.32. The number of phenolic OH excluding ortho intramolecular Hbond substituents is 3. The molecule has 0 fully saturated rings. The summed E-state index contributed by atoms with van der Waals surface area (Å²) in [4.78, 5) is 12.6. The summed E-state index contributed by atoms with van der Waals surface area (Å²) >= 11 is 0. The molecule has 0 spiro atoms. The highest BCUT2D eigenvalue weighted by atomic mass is 16.5. The molecule has 3 N–H and O–H groups in total. The summed E-state index contributed by atoms with van der Waals surface area (Å²) in [7, 11) is 0. The average molecular weight is 435 g/mol. The fraction of sp³-hybridized carbons (Fsp3) is 0.370. The number of esters is 1. The van der Waals surface area contributed by atoms with Crippen molar-refractivity contribution in [1.82, 2.24) is 0 Å². The number of benzene rings is 2. The summed E-state index contributed by atoms with van der Waals surface area (Å²) in [5, 5.41) is 31.1. The molecule has 0 bridgehead atoms. The maximum Gasteiger partial charge on any atom is 0.338 e. The lowest BCUT2D eigenvalue weighted by Gasteiger charge is -2.50. The van der Waals surface area contributed by atoms with Crippen molar-refractivity contribution in [2.24, 2.45) is 10.8 Å². The van der Waals surface area contributed by atoms with E-state index in [1.807, 2.05) is 26.0 Å². The fourth-order valence-corrected chi connectivity index (χ4v) is 4.92. The van der Waals surface area contributed by atoms with Gasteiger partial charge >= 0.3 is 5.97 Å². The Hall–Kier alpha value is -3.21. The van der Waals surface area contributed by atoms with Gasteiger partial charge in [-0.15, -0.1) is 0 Å². The Bertz CT molecular complexity index is 1130. The first-order valence-corrected chi connectivity index (χ1v) is 11.0. The van der Waals surface area contributed by atoms with Crippen molar-refractivity contribution in [3.63, 3.8) is 0 Å². The first-order chi connectivity index (χ1) is 15.1. The number of carbonyl (C=O) groups is 1. The van der Waals surface area contributed by atoms with Gasteiger partial charge in [0.05, 0.1) is 12.2 Å². The van der Waals surface area contributed by atoms with Gasteiger partial charge in [0, 0.05) is 22.0 Å². The monoisotopic (exact) mass is 434 g/mol. The summed E-state index contributed by atoms with van der Waals surface area (Å²) in [5.41, 5.74) is 2.71. The molecule has 0 radical (unpaired) electrons. The summed E-state index contributed by atoms with van der Waals surface area (Å²) in [6.45, 7) is 8.36. The van der Waals surface area contributed by atoms with Crippen LogP contribution in [0.2, 0.25) is 0 Å². The van der Waals surface area contributed by atoms with E-state index in [0.29, 0.717) is 11.1 Å². The summed E-state index contributed by atoms with van der Waals surface area (Å²) in [6.07, 6.45) is 7.85. The molecule has 168 valence electrons. The van der Waals surface area contributed by atoms with E-state index < -0.39 is 16.8 Å². The van der Waals surface area contributed by atoms with E-state index in [9.17, 15) is 20.1 Å². The normalized spacial score (nSPS) is 24.0. The number of hydrogen-bond acceptors (Lipinski definition) is 5. The lowest BCUT2D eigenvalue weighted by Crippen LogP contribution is -2.44. The van der Waals surface area contributed by atoms with Crippen molar-refractivity contribution in [2.45, 2.75) is 46.5 Å². The second kappa shape index (κ2) is 7.73. The number of allylic oxidation sites excluding steroid dienone is 3. The van der Waals surface area contributed by atoms with Crippen LogP contribution in [0.5, 0.6) is 17.2 Å². The van der Waals surface area contributed by atoms with Crippen LogP contribution in [0.3, 0.4) is 0 Å². The number of ether oxygens (including phenoxy) is 1. The average Bonchev–Trinajstić information content (AvgIpc) is 2.75. The van der Waals surface area contributed by atoms with Gasteiger partial charge < -0.3 is 20.1 Å². The maximum absolute atomic E-state index is 12.6. The molecule has 2 aromatic rings. The Morgan fingerprint density at radius 2 is 1.78 bits per heavy atom. The van der Waals surface area contributed by atoms with E-state index in [-0.39, 0.29) is 29.8 Å². The second-order valence-electron chi connectivity index (χ2n) is 9.66. The number of aromatic hydroxyl groups is 3. The van der Waals surface area contributed by atoms with Crippen LogP contribution in [-0.2, 0) is 4.74 Å². The molecule has 0 heterocycles. The molecule has 2 aromatic carbocycles. The first kappa shape index (κ1) is 22.0. The number of carbonyl (C=O) groups excluding carboxylic acids is 1. The van der Waals surface area contributed by atoms with Crippen LogP contribution in [0.25, 0.3) is 11.6 Å². The molecular formula is C27H30O5. The van der Waals surface area contributed by atoms with Gasteiger partial charge in [-0.3, -0.25) is 0 Å². The van der Waals surface area contributed by atoms with E-state index in [1.165, 1.54) is 24.3 Å². The number of phenols is 3. The van der Waals surface area contributed by atoms with E-state index in [2.05, 4.69) is 26.0 Å². The standard InChI is InChI=1S/C27H30O5/c1-16(2)20-14-18-11-13-27(4)21(22(18)24(30)23(20)29)6-5-12-26(27,3)15-32-25(31)17-7-9-19(28)10-8-17/h6-11,13-14,16,28-30H,5,12,15H2,1-4H3/t26-,27+/m1/s1. The highest BCUT2D eigenvalue weighted by Crippen LogP contribution is 2.60. The molecule has 2 aliphatic carbocycles. The van der Waals surface area contributed by atoms with Gasteiger partial charge in [-0.2, -0.15) is 0 Å². The molecule has 0 unspecified atom stereocenters. The van der Waals surface area contributed by atoms with Crippen LogP contribution in [0, 0.1) is 10.8 Å². The molecule has 0 amide bonds. The minimum Gasteiger partial charge on any atom is -0.508 e. The molecule has 0 aromatic heterocycles. The zero-order valence-electron chi connectivity index (χ0n) is 19.0. The van der Waals surface area contributed by atoms with Crippen LogP contribution in [0.4, 0.5) is 0 Å². The lowest BCUT2D eigenvalue weighted by molar-refractivity contribution is 0.00921. The van der Waals surface area contributed by atoms with Crippen molar-refractivity contribution in [3.05, 3.63) is 64.7 Å². The lowest BCUT2D eigenvalue weighted by atomic mass is 9.54. The molecule has 4 rings (SSSR count). The van der Waals surface area contributed by atoms with Crippen molar-refractivity contribution in [2.75, 3.05) is 6.61 Å². The van der Waals surface area contributed by atoms with Gasteiger partial charge in [-0.1, -0.05) is 45.9 Å². The van der Waals surface area contributed by atoms with Crippen molar-refractivity contribution in [3.8, 4) is 17.2 Å². The van der Waals surface area contributed by atoms with E-state index >= 15 is 0 Å². The molecule has 32 heavy (non-hydrogen) atoms. The predicted octanol–water partition coefficient (Wildman–Crippen LogP) is 6.00. The summed E-state index contributed by atoms with van der Waals surface area (Å²) < 4.78 is 5.72. The van der Waals surface area contributed by atoms with Crippen LogP contribution < -0.4 is 0 Å². The summed E-state index contributed by atoms with van der Waals surface area (Å²) in [5.74, 6) is -0.412. The Balaban J connectivity index is 1.67. The van der Waals surface area contributed by atoms with Gasteiger partial charge in [0.15, 0.2) is 11.5 Å². The molecule has 0 saturated carbocycles. The number of rotatable bonds is 4. The third kappa shape index (κ3) is 3.36. The Morgan fingerprint density at radius 1 is 1.09 bits per heavy atom. The minimum absolute atomic E-state index is 0.0664. The minimum atomic E-state index is -0.489. The zero-order chi connectivity index (χ0) is 23.3. The van der Waals surface area contributed by atoms with Crippen molar-refractivity contribution in [1.29, 1.82) is 0 Å². The van der Waals surface area contributed by atoms with Gasteiger partial charge in [0.2, 0.25) is 0 Å². The van der Waals surface area contributed by atoms with Crippen LogP contribution in [-0.4, -0.2) is 27.9 Å². The highest BCUT2D eigenvalue weighted by Gasteiger charge is 2.50. The maximum atomic E-state index is 12.6. The second-order valence-corrected chi connectivity index (χ2v) is 9.66. The molecular weight excluding hydrogens is 404 g/mol. The fourth-order valence-electron chi connectivity index (χ4n) is 4.92. The third-order valence-electron chi connectivity index (χ3n) is 7.30. The smallest absolute Gasteiger partial charge is 0.338 e. The molecule has 2 atom stereocenters. The van der Waals surface area contributed by atoms with E-state index in [4.69, 9.17) is 4.74 Å². The van der Waals surface area contributed by atoms with Crippen molar-refractivity contribution >= 4 is 17.6 Å². The largest absolute Gasteiger partial charge is 0.508 e. The Morgan fingerprint density at radius 3 is 2.44 bits per heavy atom. The Labute approximate surface area is 188 Å². The van der Waals surface area contributed by atoms with Gasteiger partial charge in [0.1, 0.15) is 5.75 Å². The SMILES string of the molecule is CC(C)c1cc2c(c(O)c1O)C1=CCC[C@](C)(COC(=O)c3ccc(O)cc3)[C@@]1(C)C=C2. The van der Waals surface area contributed by atoms with E-state index in [0.717, 1.165) is 29.5 Å². The topological polar surface area (TPSA) is 87.0 Å². The predicted molar refractivity (Wildman–Crippen MR) is 125 cm³/mol. The molecule has 0 aliphatic heterocycles. The van der Waals surface area contributed by atoms with Crippen molar-refractivity contribution < 1.29 is 24.9 Å². The summed E-state index contributed by atoms with van der Waals surface area (Å²) in [6, 6.07) is 7.95. The molecule has 2 aliphatic rings. The highest BCUT2D eigenvalue weighted by molar-refractivity contribution is 5.90. The van der Waals surface area contributed by atoms with E-state index in [1.54, 1.807) is 0 Å². The number of hydrogen-bond donors (Lipinski definition) is 3. The van der Waals surface area contributed by atoms with Gasteiger partial charge in [-0.25, -0.2) is 4.79 Å². The van der Waals surface area contributed by atoms with Gasteiger partial charge in [0.25, 0.3) is 0 Å². The number of fused-ring (bicyclic) bond motifs is 3. The molecule has 5 nitrogen and oxygen atoms in total. The quantitative estimate of drug-likeness (QED) is 0.406. The van der Waals surface area contributed by atoms with Gasteiger partial charge in [-0.05, 0) is 60.2 Å². The first-order valence-electron chi connectivity index (χ1n) is 11.0. The molecule has 5 heteroatoms. The van der Waals surface area contributed by atoms with Crippen LogP contribution in [0.1, 0.15) is 73.5 Å². The third-order valence-corrected chi connectivity index (χ3v) is 7.30. The molecule has 0 saturated heterocycles.